The fraction of sp³-hybridized carbons (Fsp3) is 0.838. The Bertz CT molecular complexity index is 552. The summed E-state index contributed by atoms with van der Waals surface area (Å²) >= 11 is 0. The van der Waals surface area contributed by atoms with Crippen molar-refractivity contribution in [2.45, 2.75) is 150 Å². The Balaban J connectivity index is 0. The standard InChI is InChI=1S/C7H9N.2C6H13N.C6H12.C5H11N.C5H10O.2CH4/c8-6-7-4-2-1-3-5-7;1-7-5-3-2-4-6-7;7-6-4-2-1-3-5-6;1-6-4-2-3-5-6;2*1-2-4-6-5-3-1;;/h1-5H,6,8H2;2-6H2,1H3;6H,1-5,7H2;6H,2-5H2,1H3;6H,1-5H2;1-5H2;2*1H4. The first-order valence-electron chi connectivity index (χ1n) is 17.1. The summed E-state index contributed by atoms with van der Waals surface area (Å²) in [4.78, 5) is 2.39. The Hall–Kier alpha value is -0.980. The summed E-state index contributed by atoms with van der Waals surface area (Å²) in [5, 5.41) is 3.28. The minimum Gasteiger partial charge on any atom is -0.381 e. The predicted molar refractivity (Wildman–Crippen MR) is 189 cm³/mol. The van der Waals surface area contributed by atoms with Crippen molar-refractivity contribution in [1.29, 1.82) is 0 Å². The third-order valence-electron chi connectivity index (χ3n) is 8.24. The van der Waals surface area contributed by atoms with E-state index in [1.807, 2.05) is 30.3 Å². The van der Waals surface area contributed by atoms with E-state index in [0.717, 1.165) is 19.1 Å². The molecular weight excluding hydrogens is 516 g/mol. The van der Waals surface area contributed by atoms with Gasteiger partial charge in [-0.1, -0.05) is 110 Å². The lowest BCUT2D eigenvalue weighted by molar-refractivity contribution is 0.0968. The van der Waals surface area contributed by atoms with Crippen LogP contribution in [-0.2, 0) is 11.3 Å². The van der Waals surface area contributed by atoms with E-state index < -0.39 is 0 Å². The van der Waals surface area contributed by atoms with Crippen LogP contribution >= 0.6 is 0 Å². The molecule has 0 spiro atoms. The molecule has 0 amide bonds. The highest BCUT2D eigenvalue weighted by molar-refractivity contribution is 5.13. The van der Waals surface area contributed by atoms with Gasteiger partial charge in [0.15, 0.2) is 0 Å². The molecular formula is C37H76N4O. The smallest absolute Gasteiger partial charge is 0.0466 e. The Morgan fingerprint density at radius 2 is 1.17 bits per heavy atom. The molecule has 3 aliphatic heterocycles. The number of rotatable bonds is 1. The number of nitrogens with two attached hydrogens (primary N) is 2. The molecule has 3 saturated heterocycles. The monoisotopic (exact) mass is 593 g/mol. The van der Waals surface area contributed by atoms with Crippen molar-refractivity contribution in [2.24, 2.45) is 17.4 Å². The number of benzene rings is 1. The third kappa shape index (κ3) is 29.1. The first-order valence-corrected chi connectivity index (χ1v) is 17.1. The van der Waals surface area contributed by atoms with E-state index in [1.165, 1.54) is 147 Å². The van der Waals surface area contributed by atoms with Crippen LogP contribution in [0.15, 0.2) is 30.3 Å². The van der Waals surface area contributed by atoms with Crippen LogP contribution in [0.3, 0.4) is 0 Å². The maximum absolute atomic E-state index is 5.63. The highest BCUT2D eigenvalue weighted by atomic mass is 16.5. The summed E-state index contributed by atoms with van der Waals surface area (Å²) in [6, 6.07) is 10.5. The molecule has 0 unspecified atom stereocenters. The topological polar surface area (TPSA) is 76.5 Å². The highest BCUT2D eigenvalue weighted by Crippen LogP contribution is 2.23. The average molecular weight is 593 g/mol. The number of nitrogens with zero attached hydrogens (tertiary/aromatic N) is 1. The first-order chi connectivity index (χ1) is 19.6. The molecule has 5 fully saturated rings. The maximum Gasteiger partial charge on any atom is 0.0466 e. The summed E-state index contributed by atoms with van der Waals surface area (Å²) in [5.41, 5.74) is 12.2. The van der Waals surface area contributed by atoms with Crippen LogP contribution in [0.5, 0.6) is 0 Å². The van der Waals surface area contributed by atoms with Gasteiger partial charge in [-0.3, -0.25) is 0 Å². The Labute approximate surface area is 264 Å². The lowest BCUT2D eigenvalue weighted by Gasteiger charge is -2.20. The Morgan fingerprint density at radius 1 is 0.690 bits per heavy atom. The quantitative estimate of drug-likeness (QED) is 0.303. The zero-order chi connectivity index (χ0) is 28.9. The average Bonchev–Trinajstić information content (AvgIpc) is 3.52. The summed E-state index contributed by atoms with van der Waals surface area (Å²) < 4.78 is 5.07. The second-order valence-electron chi connectivity index (χ2n) is 12.3. The molecule has 5 aliphatic rings. The molecule has 1 aromatic carbocycles. The molecule has 6 rings (SSSR count). The van der Waals surface area contributed by atoms with Gasteiger partial charge < -0.3 is 26.4 Å². The minimum atomic E-state index is 0. The van der Waals surface area contributed by atoms with Crippen molar-refractivity contribution in [2.75, 3.05) is 46.4 Å². The fourth-order valence-electron chi connectivity index (χ4n) is 5.42. The molecule has 5 N–H and O–H groups in total. The molecule has 1 aromatic rings. The van der Waals surface area contributed by atoms with Gasteiger partial charge in [-0.25, -0.2) is 0 Å². The summed E-state index contributed by atoms with van der Waals surface area (Å²) in [5.74, 6) is 1.05. The highest BCUT2D eigenvalue weighted by Gasteiger charge is 2.07. The van der Waals surface area contributed by atoms with Gasteiger partial charge in [0.05, 0.1) is 0 Å². The SMILES string of the molecule is C.C.C1CCNCC1.C1CCOCC1.CC1CCCC1.CN1CCCCC1.NC1CCCCC1.NCc1ccccc1. The number of hydrogen-bond acceptors (Lipinski definition) is 5. The van der Waals surface area contributed by atoms with Crippen molar-refractivity contribution >= 4 is 0 Å². The van der Waals surface area contributed by atoms with Crippen molar-refractivity contribution in [1.82, 2.24) is 10.2 Å². The van der Waals surface area contributed by atoms with Crippen LogP contribution < -0.4 is 16.8 Å². The molecule has 0 atom stereocenters. The van der Waals surface area contributed by atoms with E-state index >= 15 is 0 Å². The van der Waals surface area contributed by atoms with Gasteiger partial charge in [-0.2, -0.15) is 0 Å². The number of hydrogen-bond donors (Lipinski definition) is 3. The van der Waals surface area contributed by atoms with Crippen molar-refractivity contribution < 1.29 is 4.74 Å². The van der Waals surface area contributed by atoms with Gasteiger partial charge in [0.1, 0.15) is 0 Å². The zero-order valence-corrected chi connectivity index (χ0v) is 26.7. The van der Waals surface area contributed by atoms with Crippen LogP contribution in [0.2, 0.25) is 0 Å². The zero-order valence-electron chi connectivity index (χ0n) is 26.7. The largest absolute Gasteiger partial charge is 0.381 e. The molecule has 0 aromatic heterocycles. The third-order valence-corrected chi connectivity index (χ3v) is 8.24. The molecule has 0 bridgehead atoms. The van der Waals surface area contributed by atoms with Crippen LogP contribution in [-0.4, -0.2) is 57.4 Å². The van der Waals surface area contributed by atoms with Crippen LogP contribution in [0.4, 0.5) is 0 Å². The van der Waals surface area contributed by atoms with Crippen molar-refractivity contribution in [3.63, 3.8) is 0 Å². The molecule has 2 saturated carbocycles. The van der Waals surface area contributed by atoms with Crippen LogP contribution in [0.25, 0.3) is 0 Å². The van der Waals surface area contributed by atoms with Gasteiger partial charge in [-0.15, -0.1) is 0 Å². The van der Waals surface area contributed by atoms with E-state index in [1.54, 1.807) is 0 Å². The van der Waals surface area contributed by atoms with Gasteiger partial charge in [-0.05, 0) is 102 Å². The van der Waals surface area contributed by atoms with E-state index in [-0.39, 0.29) is 14.9 Å². The second-order valence-corrected chi connectivity index (χ2v) is 12.3. The maximum atomic E-state index is 5.63. The molecule has 5 heteroatoms. The van der Waals surface area contributed by atoms with Gasteiger partial charge in [0.25, 0.3) is 0 Å². The predicted octanol–water partition coefficient (Wildman–Crippen LogP) is 8.94. The van der Waals surface area contributed by atoms with Crippen LogP contribution in [0, 0.1) is 5.92 Å². The number of likely N-dealkylation sites (tertiary alicyclic amines) is 1. The summed E-state index contributed by atoms with van der Waals surface area (Å²) in [6.45, 7) is 10.1. The number of nitrogens with one attached hydrogen (secondary N) is 1. The van der Waals surface area contributed by atoms with E-state index in [4.69, 9.17) is 16.2 Å². The summed E-state index contributed by atoms with van der Waals surface area (Å²) in [6.07, 6.45) is 25.0. The fourth-order valence-corrected chi connectivity index (χ4v) is 5.42. The van der Waals surface area contributed by atoms with Crippen LogP contribution in [0.1, 0.15) is 143 Å². The first kappa shape index (κ1) is 43.1. The van der Waals surface area contributed by atoms with E-state index in [9.17, 15) is 0 Å². The molecule has 3 heterocycles. The van der Waals surface area contributed by atoms with Gasteiger partial charge in [0.2, 0.25) is 0 Å². The molecule has 2 aliphatic carbocycles. The Morgan fingerprint density at radius 3 is 1.40 bits per heavy atom. The Kier molecular flexibility index (Phi) is 33.8. The van der Waals surface area contributed by atoms with Crippen molar-refractivity contribution in [3.05, 3.63) is 35.9 Å². The number of piperidine rings is 2. The van der Waals surface area contributed by atoms with Gasteiger partial charge >= 0.3 is 0 Å². The van der Waals surface area contributed by atoms with Crippen molar-refractivity contribution in [3.8, 4) is 0 Å². The normalized spacial score (nSPS) is 20.7. The van der Waals surface area contributed by atoms with Gasteiger partial charge in [0, 0.05) is 25.8 Å². The minimum absolute atomic E-state index is 0. The van der Waals surface area contributed by atoms with E-state index in [0.29, 0.717) is 12.6 Å². The molecule has 5 nitrogen and oxygen atoms in total. The summed E-state index contributed by atoms with van der Waals surface area (Å²) in [7, 11) is 2.19. The molecule has 250 valence electrons. The molecule has 0 radical (unpaired) electrons. The lowest BCUT2D eigenvalue weighted by Crippen LogP contribution is -2.24. The number of ether oxygens (including phenoxy) is 1. The lowest BCUT2D eigenvalue weighted by atomic mass is 9.97. The van der Waals surface area contributed by atoms with E-state index in [2.05, 4.69) is 24.2 Å². The second kappa shape index (κ2) is 32.9. The molecule has 42 heavy (non-hydrogen) atoms.